The molecule has 0 fully saturated rings. The number of nitro groups is 2. The number of aromatic nitrogens is 4. The van der Waals surface area contributed by atoms with E-state index in [-0.39, 0.29) is 239 Å². The number of amidine groups is 1. The monoisotopic (exact) mass is 1600 g/mol. The third kappa shape index (κ3) is 30.7. The first-order chi connectivity index (χ1) is 22.7. The topological polar surface area (TPSA) is 308 Å². The number of nitrogen functional groups attached to an aromatic ring is 1. The van der Waals surface area contributed by atoms with E-state index < -0.39 is 9.85 Å². The molecule has 0 spiro atoms. The van der Waals surface area contributed by atoms with Crippen molar-refractivity contribution in [3.63, 3.8) is 0 Å². The Morgan fingerprint density at radius 1 is 0.855 bits per heavy atom. The van der Waals surface area contributed by atoms with E-state index in [4.69, 9.17) is 34.5 Å². The number of hydrogen-bond acceptors (Lipinski definition) is 12. The molecule has 5 N–H and O–H groups in total. The smallest absolute Gasteiger partial charge is 0.272 e. The number of nitrogens with two attached hydrogens (primary N) is 1. The van der Waals surface area contributed by atoms with E-state index in [1.54, 1.807) is 12.3 Å². The summed E-state index contributed by atoms with van der Waals surface area (Å²) in [5, 5.41) is 26.3. The molecule has 0 unspecified atom stereocenters. The van der Waals surface area contributed by atoms with Gasteiger partial charge in [0.25, 0.3) is 11.6 Å². The average molecular weight is 1600 g/mol. The molecule has 5 heterocycles. The summed E-state index contributed by atoms with van der Waals surface area (Å²) in [4.78, 5) is 60.4. The van der Waals surface area contributed by atoms with E-state index in [9.17, 15) is 29.8 Å². The quantitative estimate of drug-likeness (QED) is 0.0532. The van der Waals surface area contributed by atoms with Gasteiger partial charge in [0.1, 0.15) is 17.3 Å². The molecule has 28 heteroatoms. The van der Waals surface area contributed by atoms with E-state index in [1.807, 2.05) is 5.16 Å². The van der Waals surface area contributed by atoms with E-state index in [2.05, 4.69) is 66.0 Å². The molecule has 0 saturated carbocycles. The molecule has 19 nitrogen and oxygen atoms in total. The van der Waals surface area contributed by atoms with Crippen LogP contribution in [0.25, 0.3) is 22.5 Å². The SMILES string of the molecule is CC(=O)N=C1Cc2cn[c-]cc2[N-]1.CC(=O)N=C=S.[NH-]c1c[c-]ncc1N.[NH-]c1c[c-]ncc1[N+](=O)[O-].[NH-]c1cc(Cl)ncc1[N+](=O)[O-].[W].[W].[W].[Y].[Y].[Y].[Y]. The van der Waals surface area contributed by atoms with Gasteiger partial charge in [-0.1, -0.05) is 59.8 Å². The Hall–Kier alpha value is -0.0195. The number of pyridine rings is 4. The van der Waals surface area contributed by atoms with Crippen LogP contribution < -0.4 is 5.73 Å². The maximum Gasteiger partial charge on any atom is 0.272 e. The number of hydrogen-bond donors (Lipinski definition) is 1. The number of aliphatic imine (C=N–C) groups is 2. The van der Waals surface area contributed by atoms with Crippen molar-refractivity contribution in [1.82, 2.24) is 19.9 Å². The molecule has 1 aliphatic rings. The number of nitrogens with zero attached hydrogens (tertiary/aromatic N) is 9. The zero-order valence-electron chi connectivity index (χ0n) is 28.2. The molecule has 55 heavy (non-hydrogen) atoms. The number of isothiocyanates is 1. The van der Waals surface area contributed by atoms with Crippen molar-refractivity contribution in [2.75, 3.05) is 5.73 Å². The molecule has 0 atom stereocenters. The molecule has 5 rings (SSSR count). The number of nitrogens with one attached hydrogen (secondary N) is 3. The Morgan fingerprint density at radius 2 is 1.35 bits per heavy atom. The number of carbonyl (C=O) groups is 2. The van der Waals surface area contributed by atoms with Crippen molar-refractivity contribution in [3.05, 3.63) is 121 Å². The average Bonchev–Trinajstić information content (AvgIpc) is 3.41. The van der Waals surface area contributed by atoms with Crippen molar-refractivity contribution >= 4 is 86.4 Å². The van der Waals surface area contributed by atoms with Gasteiger partial charge in [0.15, 0.2) is 5.69 Å². The first-order valence-electron chi connectivity index (χ1n) is 12.5. The van der Waals surface area contributed by atoms with Crippen LogP contribution in [-0.4, -0.2) is 52.6 Å². The first-order valence-corrected chi connectivity index (χ1v) is 13.2. The molecule has 4 radical (unpaired) electrons. The zero-order chi connectivity index (χ0) is 36.2. The van der Waals surface area contributed by atoms with Gasteiger partial charge in [-0.2, -0.15) is 34.6 Å². The van der Waals surface area contributed by atoms with Crippen molar-refractivity contribution in [2.24, 2.45) is 9.98 Å². The summed E-state index contributed by atoms with van der Waals surface area (Å²) in [6.07, 6.45) is 13.1. The van der Waals surface area contributed by atoms with Gasteiger partial charge in [0.05, 0.1) is 10.1 Å². The molecule has 0 bridgehead atoms. The van der Waals surface area contributed by atoms with Gasteiger partial charge < -0.3 is 48.2 Å². The summed E-state index contributed by atoms with van der Waals surface area (Å²) in [5.41, 5.74) is 27.8. The second-order valence-corrected chi connectivity index (χ2v) is 8.84. The van der Waals surface area contributed by atoms with Gasteiger partial charge in [-0.05, 0) is 37.8 Å². The third-order valence-corrected chi connectivity index (χ3v) is 5.00. The van der Waals surface area contributed by atoms with E-state index in [1.165, 1.54) is 26.1 Å². The molecule has 0 saturated heterocycles. The Morgan fingerprint density at radius 3 is 1.71 bits per heavy atom. The molecule has 2 amide bonds. The molecule has 0 aliphatic carbocycles. The van der Waals surface area contributed by atoms with Gasteiger partial charge >= 0.3 is 0 Å². The van der Waals surface area contributed by atoms with Crippen molar-refractivity contribution in [3.8, 4) is 0 Å². The number of carbonyl (C=O) groups excluding carboxylic acids is 2. The third-order valence-electron chi connectivity index (χ3n) is 4.70. The van der Waals surface area contributed by atoms with Crippen LogP contribution in [-0.2, 0) is 210 Å². The number of anilines is 1. The number of fused-ring (bicyclic) bond motifs is 1. The van der Waals surface area contributed by atoms with E-state index >= 15 is 0 Å². The molecule has 4 aromatic rings. The number of rotatable bonds is 2. The van der Waals surface area contributed by atoms with Gasteiger partial charge in [-0.15, -0.1) is 5.56 Å². The fourth-order valence-electron chi connectivity index (χ4n) is 2.69. The second kappa shape index (κ2) is 39.4. The van der Waals surface area contributed by atoms with Crippen LogP contribution in [0.4, 0.5) is 39.8 Å². The maximum absolute atomic E-state index is 10.7. The summed E-state index contributed by atoms with van der Waals surface area (Å²) in [5.74, 6) is 0.0393. The zero-order valence-corrected chi connectivity index (χ0v) is 49.9. The Bertz CT molecular complexity index is 1830. The van der Waals surface area contributed by atoms with Crippen LogP contribution in [0.3, 0.4) is 0 Å². The Balaban J connectivity index is -0.000000103. The van der Waals surface area contributed by atoms with Crippen LogP contribution in [0.5, 0.6) is 0 Å². The Kier molecular flexibility index (Phi) is 49.9. The van der Waals surface area contributed by atoms with Gasteiger partial charge in [0.2, 0.25) is 0 Å². The van der Waals surface area contributed by atoms with E-state index in [0.717, 1.165) is 35.8 Å². The van der Waals surface area contributed by atoms with E-state index in [0.29, 0.717) is 17.9 Å². The van der Waals surface area contributed by atoms with Crippen LogP contribution in [0.1, 0.15) is 19.4 Å². The fourth-order valence-corrected chi connectivity index (χ4v) is 2.98. The van der Waals surface area contributed by atoms with Crippen molar-refractivity contribution < 1.29 is 213 Å². The Labute approximate surface area is 469 Å². The largest absolute Gasteiger partial charge is 0.755 e. The molecular formula is C27H21ClN13O6SW3Y4-7. The first kappa shape index (κ1) is 69.6. The maximum atomic E-state index is 10.7. The standard InChI is InChI=1S/C9H8N3O.C5H3ClN3O2.C5H3N3O2.C5H5N3.C3H3NOS.3W.4Y/c1-6(13)11-9-4-7-5-10-3-2-8(7)12-9;6-5-1-3(7)4(2-8-5)9(10)11;6-4-1-2-7-3-5(4)8(9)10;6-4-1-2-8-3-5(4)7;1-3(5)4-2-6;;;;;;;/h2,5H,4H2,1H3,(H,10,11,12,13);1-2H,(H-,7,8);1,3H,(H-,6,7);1,3H,7H2,(H-,6,8);1H3;;;;;;;/q2*-1;2*-2;;;;;;;;/p-1. The summed E-state index contributed by atoms with van der Waals surface area (Å²) in [7, 11) is 0. The molecule has 4 aromatic heterocycles. The molecule has 1 aliphatic heterocycles. The molecule has 280 valence electrons. The number of amides is 2. The van der Waals surface area contributed by atoms with Crippen LogP contribution in [0.15, 0.2) is 59.0 Å². The van der Waals surface area contributed by atoms with Crippen molar-refractivity contribution in [2.45, 2.75) is 20.3 Å². The number of halogens is 1. The normalized spacial score (nSPS) is 9.55. The molecular weight excluding hydrogens is 1580 g/mol. The van der Waals surface area contributed by atoms with Crippen molar-refractivity contribution in [1.29, 1.82) is 0 Å². The molecule has 0 aromatic carbocycles. The second-order valence-electron chi connectivity index (χ2n) is 8.27. The summed E-state index contributed by atoms with van der Waals surface area (Å²) in [6.45, 7) is 2.73. The summed E-state index contributed by atoms with van der Waals surface area (Å²) < 4.78 is 0. The minimum absolute atomic E-state index is 0. The van der Waals surface area contributed by atoms with Gasteiger partial charge in [-0.25, -0.2) is 10.7 Å². The predicted molar refractivity (Wildman–Crippen MR) is 179 cm³/mol. The van der Waals surface area contributed by atoms with Crippen LogP contribution in [0.2, 0.25) is 5.15 Å². The minimum Gasteiger partial charge on any atom is -0.755 e. The minimum atomic E-state index is -0.675. The predicted octanol–water partition coefficient (Wildman–Crippen LogP) is 6.95. The fraction of sp³-hybridized carbons (Fsp3) is 0.111. The summed E-state index contributed by atoms with van der Waals surface area (Å²) in [6, 6.07) is 5.39. The summed E-state index contributed by atoms with van der Waals surface area (Å²) >= 11 is 9.46. The van der Waals surface area contributed by atoms with Crippen LogP contribution >= 0.6 is 23.8 Å². The van der Waals surface area contributed by atoms with Crippen LogP contribution in [0, 0.1) is 38.8 Å². The van der Waals surface area contributed by atoms with Gasteiger partial charge in [-0.3, -0.25) is 29.8 Å². The van der Waals surface area contributed by atoms with Gasteiger partial charge in [0, 0.05) is 206 Å². The number of thiocarbonyl (C=S) groups is 1.